The van der Waals surface area contributed by atoms with Gasteiger partial charge in [-0.2, -0.15) is 0 Å². The van der Waals surface area contributed by atoms with Crippen LogP contribution in [0.3, 0.4) is 0 Å². The van der Waals surface area contributed by atoms with Crippen molar-refractivity contribution in [2.24, 2.45) is 10.9 Å². The molecule has 0 aliphatic rings. The van der Waals surface area contributed by atoms with E-state index in [0.29, 0.717) is 28.4 Å². The van der Waals surface area contributed by atoms with Crippen molar-refractivity contribution in [2.75, 3.05) is 5.32 Å². The van der Waals surface area contributed by atoms with Crippen LogP contribution in [0, 0.1) is 12.7 Å². The maximum Gasteiger partial charge on any atom is 0.170 e. The van der Waals surface area contributed by atoms with Gasteiger partial charge in [-0.05, 0) is 36.2 Å². The molecule has 0 fully saturated rings. The van der Waals surface area contributed by atoms with E-state index < -0.39 is 0 Å². The molecule has 0 radical (unpaired) electrons. The Labute approximate surface area is 127 Å². The number of halogens is 2. The van der Waals surface area contributed by atoms with Gasteiger partial charge in [-0.25, -0.2) is 4.39 Å². The van der Waals surface area contributed by atoms with Crippen LogP contribution in [-0.4, -0.2) is 11.0 Å². The lowest BCUT2D eigenvalue weighted by Crippen LogP contribution is -2.13. The Kier molecular flexibility index (Phi) is 4.65. The number of hydrogen-bond acceptors (Lipinski definition) is 3. The van der Waals surface area contributed by atoms with Crippen LogP contribution in [0.1, 0.15) is 16.7 Å². The smallest absolute Gasteiger partial charge is 0.170 e. The Balaban J connectivity index is 2.11. The number of nitrogens with zero attached hydrogens (tertiary/aromatic N) is 1. The molecule has 110 valence electrons. The quantitative estimate of drug-likeness (QED) is 0.350. The molecule has 4 N–H and O–H groups in total. The molecular weight excluding hydrogens is 293 g/mol. The maximum atomic E-state index is 13.4. The largest absolute Gasteiger partial charge is 0.409 e. The number of benzene rings is 2. The number of nitrogens with one attached hydrogen (secondary N) is 1. The van der Waals surface area contributed by atoms with Crippen LogP contribution in [0.15, 0.2) is 41.6 Å². The second-order valence-electron chi connectivity index (χ2n) is 4.61. The van der Waals surface area contributed by atoms with Gasteiger partial charge in [-0.15, -0.1) is 0 Å². The van der Waals surface area contributed by atoms with Crippen LogP contribution < -0.4 is 11.1 Å². The minimum atomic E-state index is -0.256. The second-order valence-corrected chi connectivity index (χ2v) is 5.02. The zero-order chi connectivity index (χ0) is 15.4. The summed E-state index contributed by atoms with van der Waals surface area (Å²) >= 11 is 6.15. The first-order valence-electron chi connectivity index (χ1n) is 6.27. The van der Waals surface area contributed by atoms with Gasteiger partial charge in [0.15, 0.2) is 5.84 Å². The molecule has 0 saturated carbocycles. The van der Waals surface area contributed by atoms with Crippen LogP contribution in [0.25, 0.3) is 0 Å². The molecule has 0 aliphatic carbocycles. The molecule has 21 heavy (non-hydrogen) atoms. The predicted molar refractivity (Wildman–Crippen MR) is 82.4 cm³/mol. The van der Waals surface area contributed by atoms with E-state index in [1.54, 1.807) is 37.3 Å². The molecule has 6 heteroatoms. The van der Waals surface area contributed by atoms with Crippen molar-refractivity contribution in [2.45, 2.75) is 13.5 Å². The highest BCUT2D eigenvalue weighted by Gasteiger charge is 2.06. The lowest BCUT2D eigenvalue weighted by molar-refractivity contribution is 0.318. The molecule has 0 atom stereocenters. The van der Waals surface area contributed by atoms with E-state index in [0.717, 1.165) is 5.56 Å². The maximum absolute atomic E-state index is 13.4. The van der Waals surface area contributed by atoms with Crippen molar-refractivity contribution >= 4 is 23.1 Å². The highest BCUT2D eigenvalue weighted by Crippen LogP contribution is 2.20. The van der Waals surface area contributed by atoms with Crippen molar-refractivity contribution in [3.8, 4) is 0 Å². The average Bonchev–Trinajstić information content (AvgIpc) is 2.48. The zero-order valence-corrected chi connectivity index (χ0v) is 12.2. The van der Waals surface area contributed by atoms with Gasteiger partial charge in [-0.3, -0.25) is 0 Å². The van der Waals surface area contributed by atoms with E-state index >= 15 is 0 Å². The fourth-order valence-electron chi connectivity index (χ4n) is 1.81. The summed E-state index contributed by atoms with van der Waals surface area (Å²) in [5, 5.41) is 15.1. The molecule has 0 bridgehead atoms. The third kappa shape index (κ3) is 3.64. The van der Waals surface area contributed by atoms with Gasteiger partial charge >= 0.3 is 0 Å². The molecule has 0 aliphatic heterocycles. The molecule has 0 amide bonds. The van der Waals surface area contributed by atoms with E-state index in [1.807, 2.05) is 0 Å². The van der Waals surface area contributed by atoms with Crippen LogP contribution in [-0.2, 0) is 6.54 Å². The number of anilines is 1. The minimum Gasteiger partial charge on any atom is -0.409 e. The zero-order valence-electron chi connectivity index (χ0n) is 11.4. The molecule has 0 saturated heterocycles. The second kappa shape index (κ2) is 6.45. The molecule has 2 aromatic carbocycles. The Hall–Kier alpha value is -2.27. The highest BCUT2D eigenvalue weighted by molar-refractivity contribution is 6.31. The average molecular weight is 308 g/mol. The minimum absolute atomic E-state index is 0.00276. The topological polar surface area (TPSA) is 70.6 Å². The first-order chi connectivity index (χ1) is 10.0. The van der Waals surface area contributed by atoms with Gasteiger partial charge in [0.1, 0.15) is 5.82 Å². The fourth-order valence-corrected chi connectivity index (χ4v) is 2.06. The van der Waals surface area contributed by atoms with Crippen molar-refractivity contribution in [1.29, 1.82) is 0 Å². The van der Waals surface area contributed by atoms with Crippen LogP contribution >= 0.6 is 11.6 Å². The Morgan fingerprint density at radius 2 is 2.10 bits per heavy atom. The lowest BCUT2D eigenvalue weighted by atomic mass is 10.1. The molecule has 0 spiro atoms. The summed E-state index contributed by atoms with van der Waals surface area (Å²) in [6, 6.07) is 10.0. The molecule has 2 rings (SSSR count). The van der Waals surface area contributed by atoms with E-state index in [2.05, 4.69) is 10.5 Å². The third-order valence-corrected chi connectivity index (χ3v) is 3.46. The monoisotopic (exact) mass is 307 g/mol. The van der Waals surface area contributed by atoms with Crippen LogP contribution in [0.5, 0.6) is 0 Å². The summed E-state index contributed by atoms with van der Waals surface area (Å²) in [5.74, 6) is -0.259. The summed E-state index contributed by atoms with van der Waals surface area (Å²) in [7, 11) is 0. The molecular formula is C15H15ClFN3O. The predicted octanol–water partition coefficient (Wildman–Crippen LogP) is 3.49. The van der Waals surface area contributed by atoms with Crippen molar-refractivity contribution in [3.63, 3.8) is 0 Å². The summed E-state index contributed by atoms with van der Waals surface area (Å²) in [6.07, 6.45) is 0. The molecule has 4 nitrogen and oxygen atoms in total. The van der Waals surface area contributed by atoms with Gasteiger partial charge in [0.2, 0.25) is 0 Å². The van der Waals surface area contributed by atoms with Gasteiger partial charge < -0.3 is 16.3 Å². The van der Waals surface area contributed by atoms with E-state index in [4.69, 9.17) is 22.5 Å². The molecule has 0 heterocycles. The SMILES string of the molecule is Cc1ccc(NCc2ccc(/C(N)=N/O)cc2Cl)cc1F. The number of rotatable bonds is 4. The first kappa shape index (κ1) is 15.1. The number of nitrogens with two attached hydrogens (primary N) is 1. The van der Waals surface area contributed by atoms with Gasteiger partial charge in [-0.1, -0.05) is 35.0 Å². The summed E-state index contributed by atoms with van der Waals surface area (Å²) in [4.78, 5) is 0. The Morgan fingerprint density at radius 1 is 1.33 bits per heavy atom. The Bertz CT molecular complexity index is 689. The third-order valence-electron chi connectivity index (χ3n) is 3.11. The fraction of sp³-hybridized carbons (Fsp3) is 0.133. The standard InChI is InChI=1S/C15H15ClFN3O/c1-9-2-5-12(7-14(9)17)19-8-11-4-3-10(6-13(11)16)15(18)20-21/h2-7,19,21H,8H2,1H3,(H2,18,20). The summed E-state index contributed by atoms with van der Waals surface area (Å²) < 4.78 is 13.4. The van der Waals surface area contributed by atoms with Crippen LogP contribution in [0.2, 0.25) is 5.02 Å². The molecule has 0 aromatic heterocycles. The Morgan fingerprint density at radius 3 is 2.71 bits per heavy atom. The summed E-state index contributed by atoms with van der Waals surface area (Å²) in [6.45, 7) is 2.15. The molecule has 0 unspecified atom stereocenters. The normalized spacial score (nSPS) is 11.5. The van der Waals surface area contributed by atoms with E-state index in [-0.39, 0.29) is 11.7 Å². The van der Waals surface area contributed by atoms with E-state index in [1.165, 1.54) is 6.07 Å². The first-order valence-corrected chi connectivity index (χ1v) is 6.65. The number of oxime groups is 1. The van der Waals surface area contributed by atoms with Gasteiger partial charge in [0, 0.05) is 22.8 Å². The van der Waals surface area contributed by atoms with Crippen molar-refractivity contribution in [3.05, 3.63) is 63.9 Å². The summed E-state index contributed by atoms with van der Waals surface area (Å²) in [5.41, 5.74) is 8.13. The van der Waals surface area contributed by atoms with Crippen LogP contribution in [0.4, 0.5) is 10.1 Å². The van der Waals surface area contributed by atoms with Gasteiger partial charge in [0.25, 0.3) is 0 Å². The molecule has 2 aromatic rings. The van der Waals surface area contributed by atoms with Gasteiger partial charge in [0.05, 0.1) is 0 Å². The highest BCUT2D eigenvalue weighted by atomic mass is 35.5. The van der Waals surface area contributed by atoms with E-state index in [9.17, 15) is 4.39 Å². The van der Waals surface area contributed by atoms with Crippen molar-refractivity contribution in [1.82, 2.24) is 0 Å². The number of hydrogen-bond donors (Lipinski definition) is 3. The number of aryl methyl sites for hydroxylation is 1. The lowest BCUT2D eigenvalue weighted by Gasteiger charge is -2.10. The number of amidine groups is 1. The van der Waals surface area contributed by atoms with Crippen molar-refractivity contribution < 1.29 is 9.60 Å².